The SMILES string of the molecule is COC(=O)/C=C(/CCCC(=O)OC)n1cccn1. The van der Waals surface area contributed by atoms with Crippen molar-refractivity contribution in [2.75, 3.05) is 14.2 Å². The second-order valence-corrected chi connectivity index (χ2v) is 3.54. The molecule has 1 aromatic heterocycles. The Kier molecular flexibility index (Phi) is 5.63. The molecular weight excluding hydrogens is 236 g/mol. The van der Waals surface area contributed by atoms with Gasteiger partial charge in [-0.3, -0.25) is 4.79 Å². The van der Waals surface area contributed by atoms with Crippen LogP contribution in [-0.2, 0) is 19.1 Å². The van der Waals surface area contributed by atoms with Gasteiger partial charge in [0.2, 0.25) is 0 Å². The number of carbonyl (C=O) groups excluding carboxylic acids is 2. The van der Waals surface area contributed by atoms with E-state index in [0.717, 1.165) is 0 Å². The van der Waals surface area contributed by atoms with Gasteiger partial charge in [0.15, 0.2) is 0 Å². The minimum Gasteiger partial charge on any atom is -0.469 e. The van der Waals surface area contributed by atoms with Crippen LogP contribution in [0.1, 0.15) is 19.3 Å². The first-order valence-electron chi connectivity index (χ1n) is 5.52. The minimum absolute atomic E-state index is 0.270. The number of ether oxygens (including phenoxy) is 2. The Morgan fingerprint density at radius 2 is 2.06 bits per heavy atom. The van der Waals surface area contributed by atoms with E-state index in [1.54, 1.807) is 23.1 Å². The summed E-state index contributed by atoms with van der Waals surface area (Å²) in [4.78, 5) is 22.2. The highest BCUT2D eigenvalue weighted by Crippen LogP contribution is 2.13. The van der Waals surface area contributed by atoms with Crippen molar-refractivity contribution in [2.24, 2.45) is 0 Å². The van der Waals surface area contributed by atoms with Crippen molar-refractivity contribution in [3.63, 3.8) is 0 Å². The van der Waals surface area contributed by atoms with Crippen LogP contribution >= 0.6 is 0 Å². The maximum absolute atomic E-state index is 11.2. The van der Waals surface area contributed by atoms with Crippen molar-refractivity contribution in [1.82, 2.24) is 9.78 Å². The zero-order valence-electron chi connectivity index (χ0n) is 10.5. The second-order valence-electron chi connectivity index (χ2n) is 3.54. The Morgan fingerprint density at radius 1 is 1.28 bits per heavy atom. The highest BCUT2D eigenvalue weighted by molar-refractivity contribution is 5.87. The lowest BCUT2D eigenvalue weighted by molar-refractivity contribution is -0.140. The van der Waals surface area contributed by atoms with Gasteiger partial charge in [0, 0.05) is 30.6 Å². The monoisotopic (exact) mass is 252 g/mol. The Labute approximate surface area is 105 Å². The lowest BCUT2D eigenvalue weighted by atomic mass is 10.2. The molecule has 18 heavy (non-hydrogen) atoms. The number of esters is 2. The number of rotatable bonds is 6. The first-order chi connectivity index (χ1) is 8.67. The van der Waals surface area contributed by atoms with Gasteiger partial charge in [0.05, 0.1) is 14.2 Å². The predicted octanol–water partition coefficient (Wildman–Crippen LogP) is 1.24. The highest BCUT2D eigenvalue weighted by Gasteiger charge is 2.07. The third kappa shape index (κ3) is 4.40. The molecule has 0 aromatic carbocycles. The van der Waals surface area contributed by atoms with Crippen LogP contribution in [0.25, 0.3) is 5.70 Å². The van der Waals surface area contributed by atoms with E-state index < -0.39 is 5.97 Å². The van der Waals surface area contributed by atoms with E-state index >= 15 is 0 Å². The summed E-state index contributed by atoms with van der Waals surface area (Å²) in [6.45, 7) is 0. The molecule has 0 spiro atoms. The molecule has 1 aromatic rings. The molecule has 1 heterocycles. The van der Waals surface area contributed by atoms with E-state index in [0.29, 0.717) is 25.0 Å². The normalized spacial score (nSPS) is 11.1. The van der Waals surface area contributed by atoms with Crippen LogP contribution in [0.4, 0.5) is 0 Å². The third-order valence-corrected chi connectivity index (χ3v) is 2.33. The molecule has 0 aliphatic heterocycles. The van der Waals surface area contributed by atoms with Gasteiger partial charge in [-0.2, -0.15) is 5.10 Å². The summed E-state index contributed by atoms with van der Waals surface area (Å²) in [5, 5.41) is 4.05. The molecule has 0 fully saturated rings. The fourth-order valence-corrected chi connectivity index (χ4v) is 1.40. The molecule has 0 radical (unpaired) electrons. The molecule has 0 aliphatic rings. The average Bonchev–Trinajstić information content (AvgIpc) is 2.90. The first-order valence-corrected chi connectivity index (χ1v) is 5.52. The summed E-state index contributed by atoms with van der Waals surface area (Å²) in [5.74, 6) is -0.716. The topological polar surface area (TPSA) is 70.4 Å². The molecule has 0 N–H and O–H groups in total. The molecule has 0 bridgehead atoms. The van der Waals surface area contributed by atoms with Crippen LogP contribution in [0.5, 0.6) is 0 Å². The zero-order valence-corrected chi connectivity index (χ0v) is 10.5. The van der Waals surface area contributed by atoms with Crippen LogP contribution in [0.2, 0.25) is 0 Å². The summed E-state index contributed by atoms with van der Waals surface area (Å²) < 4.78 is 10.7. The van der Waals surface area contributed by atoms with E-state index in [4.69, 9.17) is 0 Å². The number of carbonyl (C=O) groups is 2. The molecule has 0 unspecified atom stereocenters. The van der Waals surface area contributed by atoms with Crippen LogP contribution in [-0.4, -0.2) is 35.9 Å². The maximum Gasteiger partial charge on any atom is 0.332 e. The summed E-state index contributed by atoms with van der Waals surface area (Å²) in [6, 6.07) is 1.76. The molecule has 0 atom stereocenters. The molecule has 1 rings (SSSR count). The third-order valence-electron chi connectivity index (χ3n) is 2.33. The predicted molar refractivity (Wildman–Crippen MR) is 64.4 cm³/mol. The van der Waals surface area contributed by atoms with Gasteiger partial charge >= 0.3 is 11.9 Å². The Hall–Kier alpha value is -2.11. The highest BCUT2D eigenvalue weighted by atomic mass is 16.5. The first kappa shape index (κ1) is 14.0. The number of hydrogen-bond acceptors (Lipinski definition) is 5. The van der Waals surface area contributed by atoms with E-state index in [9.17, 15) is 9.59 Å². The van der Waals surface area contributed by atoms with E-state index in [1.807, 2.05) is 0 Å². The van der Waals surface area contributed by atoms with Crippen molar-refractivity contribution < 1.29 is 19.1 Å². The van der Waals surface area contributed by atoms with Crippen molar-refractivity contribution in [3.05, 3.63) is 24.5 Å². The van der Waals surface area contributed by atoms with E-state index in [1.165, 1.54) is 20.3 Å². The molecule has 0 amide bonds. The number of allylic oxidation sites excluding steroid dienone is 1. The summed E-state index contributed by atoms with van der Waals surface area (Å²) in [7, 11) is 2.66. The van der Waals surface area contributed by atoms with Gasteiger partial charge in [0.25, 0.3) is 0 Å². The molecule has 0 saturated carbocycles. The van der Waals surface area contributed by atoms with Gasteiger partial charge < -0.3 is 9.47 Å². The number of aromatic nitrogens is 2. The molecular formula is C12H16N2O4. The largest absolute Gasteiger partial charge is 0.469 e. The van der Waals surface area contributed by atoms with Gasteiger partial charge in [0.1, 0.15) is 0 Å². The van der Waals surface area contributed by atoms with Crippen molar-refractivity contribution in [3.8, 4) is 0 Å². The van der Waals surface area contributed by atoms with E-state index in [2.05, 4.69) is 14.6 Å². The van der Waals surface area contributed by atoms with Crippen molar-refractivity contribution in [1.29, 1.82) is 0 Å². The van der Waals surface area contributed by atoms with E-state index in [-0.39, 0.29) is 5.97 Å². The lowest BCUT2D eigenvalue weighted by Gasteiger charge is -2.07. The molecule has 0 saturated heterocycles. The number of hydrogen-bond donors (Lipinski definition) is 0. The van der Waals surface area contributed by atoms with Gasteiger partial charge in [-0.05, 0) is 18.9 Å². The maximum atomic E-state index is 11.2. The van der Waals surface area contributed by atoms with Gasteiger partial charge in [-0.25, -0.2) is 9.48 Å². The summed E-state index contributed by atoms with van der Waals surface area (Å²) in [5.41, 5.74) is 0.677. The number of methoxy groups -OCH3 is 2. The van der Waals surface area contributed by atoms with Crippen LogP contribution in [0, 0.1) is 0 Å². The molecule has 6 heteroatoms. The van der Waals surface area contributed by atoms with Gasteiger partial charge in [-0.1, -0.05) is 0 Å². The zero-order chi connectivity index (χ0) is 13.4. The Bertz CT molecular complexity index is 423. The smallest absolute Gasteiger partial charge is 0.332 e. The van der Waals surface area contributed by atoms with Crippen molar-refractivity contribution >= 4 is 17.6 Å². The quantitative estimate of drug-likeness (QED) is 0.562. The number of nitrogens with zero attached hydrogens (tertiary/aromatic N) is 2. The fourth-order valence-electron chi connectivity index (χ4n) is 1.40. The summed E-state index contributed by atoms with van der Waals surface area (Å²) in [6.07, 6.45) is 6.13. The molecule has 6 nitrogen and oxygen atoms in total. The minimum atomic E-state index is -0.446. The average molecular weight is 252 g/mol. The van der Waals surface area contributed by atoms with Crippen LogP contribution in [0.15, 0.2) is 24.5 Å². The van der Waals surface area contributed by atoms with Crippen LogP contribution < -0.4 is 0 Å². The Morgan fingerprint density at radius 3 is 2.61 bits per heavy atom. The Balaban J connectivity index is 2.65. The molecule has 98 valence electrons. The standard InChI is InChI=1S/C12H16N2O4/c1-17-11(15)6-3-5-10(9-12(16)18-2)14-8-4-7-13-14/h4,7-9H,3,5-6H2,1-2H3/b10-9-. The van der Waals surface area contributed by atoms with Crippen molar-refractivity contribution in [2.45, 2.75) is 19.3 Å². The van der Waals surface area contributed by atoms with Gasteiger partial charge in [-0.15, -0.1) is 0 Å². The fraction of sp³-hybridized carbons (Fsp3) is 0.417. The lowest BCUT2D eigenvalue weighted by Crippen LogP contribution is -2.05. The second kappa shape index (κ2) is 7.26. The summed E-state index contributed by atoms with van der Waals surface area (Å²) >= 11 is 0. The van der Waals surface area contributed by atoms with Crippen LogP contribution in [0.3, 0.4) is 0 Å². The molecule has 0 aliphatic carbocycles.